The van der Waals surface area contributed by atoms with Crippen LogP contribution >= 0.6 is 0 Å². The van der Waals surface area contributed by atoms with E-state index in [1.807, 2.05) is 6.07 Å². The maximum Gasteiger partial charge on any atom is 0.236 e. The smallest absolute Gasteiger partial charge is 0.236 e. The molecule has 0 N–H and O–H groups in total. The van der Waals surface area contributed by atoms with Gasteiger partial charge in [0.15, 0.2) is 11.5 Å². The molecule has 0 radical (unpaired) electrons. The first-order chi connectivity index (χ1) is 9.23. The molecular formula is C13H12N2O4. The highest BCUT2D eigenvalue weighted by molar-refractivity contribution is 5.68. The van der Waals surface area contributed by atoms with Crippen molar-refractivity contribution in [2.24, 2.45) is 0 Å². The first-order valence-corrected chi connectivity index (χ1v) is 5.40. The largest absolute Gasteiger partial charge is 0.493 e. The summed E-state index contributed by atoms with van der Waals surface area (Å²) < 4.78 is 20.6. The summed E-state index contributed by atoms with van der Waals surface area (Å²) in [7, 11) is 4.60. The Bertz CT molecular complexity index is 603. The van der Waals surface area contributed by atoms with Crippen molar-refractivity contribution < 1.29 is 18.7 Å². The number of ether oxygens (including phenoxy) is 3. The third-order valence-electron chi connectivity index (χ3n) is 2.58. The van der Waals surface area contributed by atoms with Gasteiger partial charge in [-0.3, -0.25) is 0 Å². The van der Waals surface area contributed by atoms with E-state index in [1.165, 1.54) is 21.3 Å². The van der Waals surface area contributed by atoms with Crippen LogP contribution in [-0.2, 0) is 0 Å². The highest BCUT2D eigenvalue weighted by atomic mass is 16.5. The van der Waals surface area contributed by atoms with Crippen LogP contribution in [0.1, 0.15) is 5.76 Å². The molecule has 1 heterocycles. The van der Waals surface area contributed by atoms with E-state index in [-0.39, 0.29) is 5.76 Å². The fourth-order valence-electron chi connectivity index (χ4n) is 1.69. The molecule has 6 heteroatoms. The Kier molecular flexibility index (Phi) is 3.57. The number of benzene rings is 1. The lowest BCUT2D eigenvalue weighted by Crippen LogP contribution is -1.95. The van der Waals surface area contributed by atoms with Crippen LogP contribution in [0.15, 0.2) is 22.7 Å². The molecule has 6 nitrogen and oxygen atoms in total. The number of methoxy groups -OCH3 is 3. The van der Waals surface area contributed by atoms with E-state index in [1.54, 1.807) is 18.2 Å². The summed E-state index contributed by atoms with van der Waals surface area (Å²) >= 11 is 0. The molecule has 0 bridgehead atoms. The van der Waals surface area contributed by atoms with Gasteiger partial charge in [-0.1, -0.05) is 5.16 Å². The lowest BCUT2D eigenvalue weighted by atomic mass is 10.1. The molecule has 0 unspecified atom stereocenters. The molecule has 2 aromatic rings. The summed E-state index contributed by atoms with van der Waals surface area (Å²) in [6, 6.07) is 6.90. The summed E-state index contributed by atoms with van der Waals surface area (Å²) in [5, 5.41) is 12.5. The van der Waals surface area contributed by atoms with Gasteiger partial charge >= 0.3 is 0 Å². The maximum atomic E-state index is 8.73. The van der Waals surface area contributed by atoms with Crippen LogP contribution < -0.4 is 14.2 Å². The Morgan fingerprint density at radius 3 is 2.11 bits per heavy atom. The fourth-order valence-corrected chi connectivity index (χ4v) is 1.69. The number of nitrogens with zero attached hydrogens (tertiary/aromatic N) is 2. The second-order valence-electron chi connectivity index (χ2n) is 3.60. The highest BCUT2D eigenvalue weighted by Gasteiger charge is 2.16. The monoisotopic (exact) mass is 260 g/mol. The molecule has 0 aliphatic heterocycles. The van der Waals surface area contributed by atoms with E-state index in [4.69, 9.17) is 24.0 Å². The summed E-state index contributed by atoms with van der Waals surface area (Å²) in [4.78, 5) is 0. The summed E-state index contributed by atoms with van der Waals surface area (Å²) in [5.74, 6) is 1.67. The molecule has 0 fully saturated rings. The zero-order valence-corrected chi connectivity index (χ0v) is 10.8. The number of aromatic nitrogens is 1. The van der Waals surface area contributed by atoms with Crippen molar-refractivity contribution in [3.63, 3.8) is 0 Å². The van der Waals surface area contributed by atoms with E-state index in [0.717, 1.165) is 0 Å². The van der Waals surface area contributed by atoms with Gasteiger partial charge in [-0.2, -0.15) is 5.26 Å². The van der Waals surface area contributed by atoms with Crippen molar-refractivity contribution in [3.8, 4) is 34.6 Å². The molecule has 0 aliphatic rings. The fraction of sp³-hybridized carbons (Fsp3) is 0.231. The predicted octanol–water partition coefficient (Wildman–Crippen LogP) is 2.24. The molecule has 0 atom stereocenters. The minimum Gasteiger partial charge on any atom is -0.493 e. The van der Waals surface area contributed by atoms with Gasteiger partial charge in [-0.25, -0.2) is 0 Å². The Balaban J connectivity index is 2.55. The normalized spacial score (nSPS) is 9.79. The Hall–Kier alpha value is -2.68. The minimum absolute atomic E-state index is 0.142. The number of hydrogen-bond acceptors (Lipinski definition) is 6. The Labute approximate surface area is 110 Å². The van der Waals surface area contributed by atoms with Crippen molar-refractivity contribution in [3.05, 3.63) is 24.0 Å². The SMILES string of the molecule is COc1cc(-c2cc(C#N)on2)cc(OC)c1OC. The molecule has 1 aromatic carbocycles. The summed E-state index contributed by atoms with van der Waals surface area (Å²) in [5.41, 5.74) is 1.23. The van der Waals surface area contributed by atoms with Gasteiger partial charge < -0.3 is 18.7 Å². The molecule has 0 amide bonds. The van der Waals surface area contributed by atoms with Crippen molar-refractivity contribution in [1.82, 2.24) is 5.16 Å². The molecule has 2 rings (SSSR count). The van der Waals surface area contributed by atoms with Crippen molar-refractivity contribution >= 4 is 0 Å². The molecular weight excluding hydrogens is 248 g/mol. The van der Waals surface area contributed by atoms with Crippen molar-refractivity contribution in [2.45, 2.75) is 0 Å². The van der Waals surface area contributed by atoms with Crippen LogP contribution in [0, 0.1) is 11.3 Å². The zero-order valence-electron chi connectivity index (χ0n) is 10.8. The maximum absolute atomic E-state index is 8.73. The first kappa shape index (κ1) is 12.8. The molecule has 19 heavy (non-hydrogen) atoms. The Morgan fingerprint density at radius 1 is 1.05 bits per heavy atom. The van der Waals surface area contributed by atoms with E-state index in [0.29, 0.717) is 28.5 Å². The van der Waals surface area contributed by atoms with Gasteiger partial charge in [-0.15, -0.1) is 0 Å². The van der Waals surface area contributed by atoms with Gasteiger partial charge in [-0.05, 0) is 12.1 Å². The van der Waals surface area contributed by atoms with Gasteiger partial charge in [0.05, 0.1) is 21.3 Å². The van der Waals surface area contributed by atoms with Gasteiger partial charge in [0.25, 0.3) is 0 Å². The zero-order chi connectivity index (χ0) is 13.8. The van der Waals surface area contributed by atoms with Gasteiger partial charge in [0, 0.05) is 11.6 Å². The highest BCUT2D eigenvalue weighted by Crippen LogP contribution is 2.40. The second-order valence-corrected chi connectivity index (χ2v) is 3.60. The van der Waals surface area contributed by atoms with E-state index in [2.05, 4.69) is 5.16 Å². The second kappa shape index (κ2) is 5.31. The minimum atomic E-state index is 0.142. The van der Waals surface area contributed by atoms with E-state index < -0.39 is 0 Å². The lowest BCUT2D eigenvalue weighted by molar-refractivity contribution is 0.324. The third-order valence-corrected chi connectivity index (χ3v) is 2.58. The van der Waals surface area contributed by atoms with Gasteiger partial charge in [0.1, 0.15) is 11.8 Å². The molecule has 0 saturated carbocycles. The first-order valence-electron chi connectivity index (χ1n) is 5.40. The molecule has 0 aliphatic carbocycles. The number of nitriles is 1. The average molecular weight is 260 g/mol. The Morgan fingerprint density at radius 2 is 1.68 bits per heavy atom. The van der Waals surface area contributed by atoms with Crippen LogP contribution in [0.3, 0.4) is 0 Å². The van der Waals surface area contributed by atoms with E-state index in [9.17, 15) is 0 Å². The van der Waals surface area contributed by atoms with E-state index >= 15 is 0 Å². The topological polar surface area (TPSA) is 77.5 Å². The van der Waals surface area contributed by atoms with Crippen molar-refractivity contribution in [2.75, 3.05) is 21.3 Å². The summed E-state index contributed by atoms with van der Waals surface area (Å²) in [6.07, 6.45) is 0. The average Bonchev–Trinajstić information content (AvgIpc) is 2.94. The standard InChI is InChI=1S/C13H12N2O4/c1-16-11-4-8(5-12(17-2)13(11)18-3)10-6-9(7-14)19-15-10/h4-6H,1-3H3. The predicted molar refractivity (Wildman–Crippen MR) is 66.3 cm³/mol. The molecule has 1 aromatic heterocycles. The van der Waals surface area contributed by atoms with Crippen LogP contribution in [0.2, 0.25) is 0 Å². The summed E-state index contributed by atoms with van der Waals surface area (Å²) in [6.45, 7) is 0. The number of hydrogen-bond donors (Lipinski definition) is 0. The van der Waals surface area contributed by atoms with Crippen LogP contribution in [-0.4, -0.2) is 26.5 Å². The van der Waals surface area contributed by atoms with Crippen LogP contribution in [0.5, 0.6) is 17.2 Å². The van der Waals surface area contributed by atoms with Crippen LogP contribution in [0.25, 0.3) is 11.3 Å². The number of rotatable bonds is 4. The third kappa shape index (κ3) is 2.31. The molecule has 0 saturated heterocycles. The van der Waals surface area contributed by atoms with Crippen LogP contribution in [0.4, 0.5) is 0 Å². The van der Waals surface area contributed by atoms with Crippen molar-refractivity contribution in [1.29, 1.82) is 5.26 Å². The lowest BCUT2D eigenvalue weighted by Gasteiger charge is -2.13. The quantitative estimate of drug-likeness (QED) is 0.838. The van der Waals surface area contributed by atoms with Gasteiger partial charge in [0.2, 0.25) is 11.5 Å². The molecule has 0 spiro atoms. The molecule has 98 valence electrons.